The van der Waals surface area contributed by atoms with E-state index in [0.717, 1.165) is 15.8 Å². The van der Waals surface area contributed by atoms with Crippen molar-refractivity contribution in [2.45, 2.75) is 13.5 Å². The van der Waals surface area contributed by atoms with E-state index in [9.17, 15) is 9.59 Å². The Labute approximate surface area is 141 Å². The zero-order chi connectivity index (χ0) is 16.6. The minimum absolute atomic E-state index is 0.197. The van der Waals surface area contributed by atoms with E-state index in [1.807, 2.05) is 6.92 Å². The Morgan fingerprint density at radius 3 is 2.70 bits per heavy atom. The standard InChI is InChI=1S/C16H13Cl2N3O2/c1-9-6-10(17)7-13(18)12(9)8-19-16(23)21-15(22)11-4-2-3-5-14(11)20-21/h2-7,20H,8H2,1H3,(H,19,23). The third-order valence-electron chi connectivity index (χ3n) is 3.60. The summed E-state index contributed by atoms with van der Waals surface area (Å²) in [6, 6.07) is 9.78. The predicted molar refractivity (Wildman–Crippen MR) is 91.4 cm³/mol. The highest BCUT2D eigenvalue weighted by atomic mass is 35.5. The number of rotatable bonds is 2. The lowest BCUT2D eigenvalue weighted by Crippen LogP contribution is -2.35. The number of halogens is 2. The molecule has 2 N–H and O–H groups in total. The fraction of sp³-hybridized carbons (Fsp3) is 0.125. The average molecular weight is 350 g/mol. The molecule has 0 bridgehead atoms. The van der Waals surface area contributed by atoms with Gasteiger partial charge in [0.25, 0.3) is 5.56 Å². The number of para-hydroxylation sites is 1. The maximum atomic E-state index is 12.2. The van der Waals surface area contributed by atoms with Crippen molar-refractivity contribution < 1.29 is 4.79 Å². The van der Waals surface area contributed by atoms with E-state index >= 15 is 0 Å². The Bertz CT molecular complexity index is 936. The number of hydrogen-bond donors (Lipinski definition) is 2. The number of benzene rings is 2. The molecule has 3 rings (SSSR count). The molecule has 1 heterocycles. The number of aromatic amines is 1. The van der Waals surface area contributed by atoms with Gasteiger partial charge in [0.1, 0.15) is 0 Å². The summed E-state index contributed by atoms with van der Waals surface area (Å²) in [5, 5.41) is 6.93. The zero-order valence-electron chi connectivity index (χ0n) is 12.2. The van der Waals surface area contributed by atoms with E-state index in [1.165, 1.54) is 0 Å². The molecule has 0 aliphatic carbocycles. The van der Waals surface area contributed by atoms with E-state index in [2.05, 4.69) is 10.4 Å². The number of nitrogens with zero attached hydrogens (tertiary/aromatic N) is 1. The minimum atomic E-state index is -0.545. The van der Waals surface area contributed by atoms with Crippen LogP contribution in [0.15, 0.2) is 41.2 Å². The molecule has 0 fully saturated rings. The molecule has 3 aromatic rings. The van der Waals surface area contributed by atoms with Gasteiger partial charge in [0.05, 0.1) is 10.9 Å². The lowest BCUT2D eigenvalue weighted by atomic mass is 10.1. The lowest BCUT2D eigenvalue weighted by molar-refractivity contribution is 0.238. The predicted octanol–water partition coefficient (Wildman–Crippen LogP) is 3.70. The van der Waals surface area contributed by atoms with Crippen LogP contribution in [0.1, 0.15) is 11.1 Å². The number of carbonyl (C=O) groups is 1. The van der Waals surface area contributed by atoms with Gasteiger partial charge in [-0.3, -0.25) is 9.89 Å². The van der Waals surface area contributed by atoms with Crippen LogP contribution >= 0.6 is 23.2 Å². The van der Waals surface area contributed by atoms with Crippen molar-refractivity contribution >= 4 is 40.1 Å². The molecular formula is C16H13Cl2N3O2. The van der Waals surface area contributed by atoms with Crippen molar-refractivity contribution in [3.05, 3.63) is 67.9 Å². The van der Waals surface area contributed by atoms with Gasteiger partial charge in [-0.15, -0.1) is 0 Å². The van der Waals surface area contributed by atoms with Crippen LogP contribution in [-0.2, 0) is 6.54 Å². The smallest absolute Gasteiger partial charge is 0.332 e. The van der Waals surface area contributed by atoms with Crippen LogP contribution in [0.5, 0.6) is 0 Å². The molecule has 7 heteroatoms. The number of amides is 1. The van der Waals surface area contributed by atoms with Crippen LogP contribution in [-0.4, -0.2) is 15.8 Å². The summed E-state index contributed by atoms with van der Waals surface area (Å²) in [7, 11) is 0. The Balaban J connectivity index is 1.85. The third kappa shape index (κ3) is 2.98. The number of aryl methyl sites for hydroxylation is 1. The molecule has 0 saturated carbocycles. The molecule has 0 aliphatic rings. The molecule has 23 heavy (non-hydrogen) atoms. The fourth-order valence-electron chi connectivity index (χ4n) is 2.40. The first-order valence-corrected chi connectivity index (χ1v) is 7.65. The average Bonchev–Trinajstić information content (AvgIpc) is 2.84. The van der Waals surface area contributed by atoms with Gasteiger partial charge in [0.2, 0.25) is 0 Å². The quantitative estimate of drug-likeness (QED) is 0.740. The van der Waals surface area contributed by atoms with Crippen molar-refractivity contribution in [2.75, 3.05) is 0 Å². The summed E-state index contributed by atoms with van der Waals surface area (Å²) in [5.41, 5.74) is 1.84. The maximum Gasteiger partial charge on any atom is 0.343 e. The summed E-state index contributed by atoms with van der Waals surface area (Å²) >= 11 is 12.1. The molecule has 0 radical (unpaired) electrons. The second-order valence-electron chi connectivity index (χ2n) is 5.14. The van der Waals surface area contributed by atoms with Crippen molar-refractivity contribution in [3.8, 4) is 0 Å². The lowest BCUT2D eigenvalue weighted by Gasteiger charge is -2.10. The summed E-state index contributed by atoms with van der Waals surface area (Å²) in [6.45, 7) is 2.05. The normalized spacial score (nSPS) is 10.9. The van der Waals surface area contributed by atoms with Crippen LogP contribution in [0.25, 0.3) is 10.9 Å². The van der Waals surface area contributed by atoms with E-state index in [0.29, 0.717) is 20.9 Å². The topological polar surface area (TPSA) is 66.9 Å². The van der Waals surface area contributed by atoms with Crippen molar-refractivity contribution in [2.24, 2.45) is 0 Å². The number of fused-ring (bicyclic) bond motifs is 1. The number of hydrogen-bond acceptors (Lipinski definition) is 2. The van der Waals surface area contributed by atoms with Gasteiger partial charge in [0.15, 0.2) is 0 Å². The Hall–Kier alpha value is -2.24. The highest BCUT2D eigenvalue weighted by molar-refractivity contribution is 6.35. The molecule has 2 aromatic carbocycles. The van der Waals surface area contributed by atoms with Crippen molar-refractivity contribution in [1.82, 2.24) is 15.1 Å². The SMILES string of the molecule is Cc1cc(Cl)cc(Cl)c1CNC(=O)n1[nH]c2ccccc2c1=O. The molecule has 0 aliphatic heterocycles. The summed E-state index contributed by atoms with van der Waals surface area (Å²) in [6.07, 6.45) is 0. The van der Waals surface area contributed by atoms with Gasteiger partial charge in [-0.05, 0) is 42.3 Å². The van der Waals surface area contributed by atoms with E-state index in [4.69, 9.17) is 23.2 Å². The monoisotopic (exact) mass is 349 g/mol. The van der Waals surface area contributed by atoms with Gasteiger partial charge >= 0.3 is 6.03 Å². The molecule has 118 valence electrons. The van der Waals surface area contributed by atoms with E-state index < -0.39 is 11.6 Å². The molecule has 5 nitrogen and oxygen atoms in total. The van der Waals surface area contributed by atoms with Crippen LogP contribution in [0.4, 0.5) is 4.79 Å². The summed E-state index contributed by atoms with van der Waals surface area (Å²) < 4.78 is 0.948. The first kappa shape index (κ1) is 15.6. The number of nitrogens with one attached hydrogen (secondary N) is 2. The van der Waals surface area contributed by atoms with Crippen LogP contribution in [0, 0.1) is 6.92 Å². The molecular weight excluding hydrogens is 337 g/mol. The van der Waals surface area contributed by atoms with Crippen LogP contribution in [0.3, 0.4) is 0 Å². The van der Waals surface area contributed by atoms with Gasteiger partial charge in [-0.2, -0.15) is 4.68 Å². The maximum absolute atomic E-state index is 12.2. The van der Waals surface area contributed by atoms with Gasteiger partial charge in [-0.25, -0.2) is 4.79 Å². The van der Waals surface area contributed by atoms with Crippen LogP contribution < -0.4 is 10.9 Å². The Morgan fingerprint density at radius 2 is 2.00 bits per heavy atom. The highest BCUT2D eigenvalue weighted by Crippen LogP contribution is 2.24. The zero-order valence-corrected chi connectivity index (χ0v) is 13.7. The Morgan fingerprint density at radius 1 is 1.26 bits per heavy atom. The van der Waals surface area contributed by atoms with Gasteiger partial charge < -0.3 is 5.32 Å². The second-order valence-corrected chi connectivity index (χ2v) is 5.98. The van der Waals surface area contributed by atoms with Gasteiger partial charge in [0, 0.05) is 16.6 Å². The van der Waals surface area contributed by atoms with E-state index in [1.54, 1.807) is 36.4 Å². The number of aromatic nitrogens is 2. The minimum Gasteiger partial charge on any atom is -0.332 e. The molecule has 0 spiro atoms. The van der Waals surface area contributed by atoms with Crippen LogP contribution in [0.2, 0.25) is 10.0 Å². The van der Waals surface area contributed by atoms with Crippen molar-refractivity contribution in [1.29, 1.82) is 0 Å². The second kappa shape index (κ2) is 6.10. The molecule has 0 atom stereocenters. The highest BCUT2D eigenvalue weighted by Gasteiger charge is 2.13. The molecule has 1 amide bonds. The molecule has 0 saturated heterocycles. The van der Waals surface area contributed by atoms with Gasteiger partial charge in [-0.1, -0.05) is 35.3 Å². The third-order valence-corrected chi connectivity index (χ3v) is 4.15. The largest absolute Gasteiger partial charge is 0.343 e. The molecule has 1 aromatic heterocycles. The molecule has 0 unspecified atom stereocenters. The summed E-state index contributed by atoms with van der Waals surface area (Å²) in [5.74, 6) is 0. The van der Waals surface area contributed by atoms with E-state index in [-0.39, 0.29) is 6.54 Å². The summed E-state index contributed by atoms with van der Waals surface area (Å²) in [4.78, 5) is 24.4. The van der Waals surface area contributed by atoms with Crippen molar-refractivity contribution in [3.63, 3.8) is 0 Å². The Kier molecular flexibility index (Phi) is 4.15. The number of carbonyl (C=O) groups excluding carboxylic acids is 1. The first-order chi connectivity index (χ1) is 11.0. The fourth-order valence-corrected chi connectivity index (χ4v) is 3.06. The first-order valence-electron chi connectivity index (χ1n) is 6.90. The number of H-pyrrole nitrogens is 1.